The summed E-state index contributed by atoms with van der Waals surface area (Å²) in [4.78, 5) is 33.3. The maximum atomic E-state index is 14.2. The van der Waals surface area contributed by atoms with Crippen LogP contribution in [0.4, 0.5) is 10.2 Å². The number of likely N-dealkylation sites (tertiary alicyclic amines) is 1. The number of carbonyl (C=O) groups excluding carboxylic acids is 2. The van der Waals surface area contributed by atoms with Crippen molar-refractivity contribution in [3.63, 3.8) is 0 Å². The second-order valence-corrected chi connectivity index (χ2v) is 11.3. The summed E-state index contributed by atoms with van der Waals surface area (Å²) in [6, 6.07) is 3.84. The predicted molar refractivity (Wildman–Crippen MR) is 143 cm³/mol. The Kier molecular flexibility index (Phi) is 8.72. The molecule has 3 heterocycles. The molecule has 1 aromatic carbocycles. The van der Waals surface area contributed by atoms with Crippen LogP contribution in [0.3, 0.4) is 0 Å². The number of hydrogen-bond donors (Lipinski definition) is 1. The van der Waals surface area contributed by atoms with Crippen LogP contribution in [0, 0.1) is 23.1 Å². The minimum absolute atomic E-state index is 0.00826. The van der Waals surface area contributed by atoms with E-state index in [0.29, 0.717) is 24.2 Å². The number of Topliss-reactive ketones (excluding diaryl/α,β-unsaturated/α-hetero) is 1. The van der Waals surface area contributed by atoms with Crippen LogP contribution in [0.25, 0.3) is 0 Å². The molecule has 0 bridgehead atoms. The molecule has 0 saturated carbocycles. The van der Waals surface area contributed by atoms with Gasteiger partial charge in [0.15, 0.2) is 11.6 Å². The maximum Gasteiger partial charge on any atom is 0.282 e. The van der Waals surface area contributed by atoms with Gasteiger partial charge >= 0.3 is 0 Å². The number of aromatic nitrogens is 3. The molecule has 2 saturated heterocycles. The van der Waals surface area contributed by atoms with Gasteiger partial charge in [-0.05, 0) is 49.9 Å². The molecule has 2 atom stereocenters. The van der Waals surface area contributed by atoms with Gasteiger partial charge in [0, 0.05) is 44.1 Å². The van der Waals surface area contributed by atoms with Crippen LogP contribution >= 0.6 is 0 Å². The van der Waals surface area contributed by atoms with Crippen molar-refractivity contribution in [3.8, 4) is 11.6 Å². The third-order valence-corrected chi connectivity index (χ3v) is 7.88. The van der Waals surface area contributed by atoms with Crippen LogP contribution in [0.5, 0.6) is 11.6 Å². The summed E-state index contributed by atoms with van der Waals surface area (Å²) in [5.74, 6) is 0.710. The summed E-state index contributed by atoms with van der Waals surface area (Å²) in [6.07, 6.45) is 4.89. The van der Waals surface area contributed by atoms with Crippen molar-refractivity contribution in [2.24, 2.45) is 17.3 Å². The first-order valence-corrected chi connectivity index (χ1v) is 13.5. The molecule has 4 rings (SSSR count). The van der Waals surface area contributed by atoms with Crippen LogP contribution < -0.4 is 15.0 Å². The zero-order valence-electron chi connectivity index (χ0n) is 23.0. The first-order valence-electron chi connectivity index (χ1n) is 13.5. The lowest BCUT2D eigenvalue weighted by atomic mass is 9.76. The van der Waals surface area contributed by atoms with Crippen LogP contribution in [-0.2, 0) is 4.79 Å². The van der Waals surface area contributed by atoms with Gasteiger partial charge in [-0.1, -0.05) is 27.7 Å². The lowest BCUT2D eigenvalue weighted by Crippen LogP contribution is -2.61. The van der Waals surface area contributed by atoms with Gasteiger partial charge in [-0.25, -0.2) is 9.37 Å². The van der Waals surface area contributed by atoms with E-state index in [-0.39, 0.29) is 34.3 Å². The number of ether oxygens (including phenoxy) is 1. The Morgan fingerprint density at radius 3 is 2.63 bits per heavy atom. The molecule has 2 aliphatic heterocycles. The molecule has 0 radical (unpaired) electrons. The smallest absolute Gasteiger partial charge is 0.282 e. The maximum absolute atomic E-state index is 14.2. The molecule has 0 aliphatic carbocycles. The van der Waals surface area contributed by atoms with Crippen LogP contribution in [0.1, 0.15) is 57.3 Å². The number of carbonyl (C=O) groups is 2. The van der Waals surface area contributed by atoms with Gasteiger partial charge in [-0.15, -0.1) is 10.2 Å². The van der Waals surface area contributed by atoms with Crippen molar-refractivity contribution >= 4 is 17.9 Å². The van der Waals surface area contributed by atoms with Gasteiger partial charge in [-0.2, -0.15) is 0 Å². The number of ketones is 1. The van der Waals surface area contributed by atoms with Crippen molar-refractivity contribution in [3.05, 3.63) is 35.9 Å². The standard InChI is InChI=1S/C28H39FN6O3/c1-18(2)22(7-6-12-36)35-15-28(16-35)10-11-34(14-28)26-27(33-32-17-31-26)38-23-9-8-20(29)13-21(23)25(37)24(30-5)19(3)4/h8-9,12-13,17-19,22,24,30H,6-7,10-11,14-16H2,1-5H3. The fourth-order valence-corrected chi connectivity index (χ4v) is 5.96. The summed E-state index contributed by atoms with van der Waals surface area (Å²) >= 11 is 0. The molecule has 1 aromatic heterocycles. The minimum Gasteiger partial charge on any atom is -0.434 e. The molecule has 1 N–H and O–H groups in total. The second kappa shape index (κ2) is 11.8. The predicted octanol–water partition coefficient (Wildman–Crippen LogP) is 3.75. The second-order valence-electron chi connectivity index (χ2n) is 11.3. The van der Waals surface area contributed by atoms with Gasteiger partial charge in [0.2, 0.25) is 0 Å². The van der Waals surface area contributed by atoms with E-state index in [1.165, 1.54) is 24.5 Å². The number of anilines is 1. The SMILES string of the molecule is CNC(C(=O)c1cc(F)ccc1Oc1nncnc1N1CCC2(C1)CN(C(CCC=O)C(C)C)C2)C(C)C. The molecular formula is C28H39FN6O3. The average molecular weight is 527 g/mol. The van der Waals surface area contributed by atoms with Crippen LogP contribution in [-0.4, -0.2) is 77.5 Å². The molecular weight excluding hydrogens is 487 g/mol. The number of likely N-dealkylation sites (N-methyl/N-ethyl adjacent to an activating group) is 1. The monoisotopic (exact) mass is 526 g/mol. The number of nitrogens with one attached hydrogen (secondary N) is 1. The quantitative estimate of drug-likeness (QED) is 0.327. The van der Waals surface area contributed by atoms with Crippen molar-refractivity contribution < 1.29 is 18.7 Å². The molecule has 10 heteroatoms. The number of aldehydes is 1. The third-order valence-electron chi connectivity index (χ3n) is 7.88. The molecule has 2 unspecified atom stereocenters. The van der Waals surface area contributed by atoms with Gasteiger partial charge in [-0.3, -0.25) is 9.69 Å². The molecule has 0 amide bonds. The summed E-state index contributed by atoms with van der Waals surface area (Å²) in [5.41, 5.74) is 0.308. The molecule has 206 valence electrons. The molecule has 38 heavy (non-hydrogen) atoms. The Morgan fingerprint density at radius 1 is 1.21 bits per heavy atom. The molecule has 2 aliphatic rings. The highest BCUT2D eigenvalue weighted by Crippen LogP contribution is 2.44. The third kappa shape index (κ3) is 5.86. The van der Waals surface area contributed by atoms with E-state index in [2.05, 4.69) is 44.1 Å². The van der Waals surface area contributed by atoms with Crippen molar-refractivity contribution in [2.75, 3.05) is 38.1 Å². The first-order chi connectivity index (χ1) is 18.2. The van der Waals surface area contributed by atoms with Crippen LogP contribution in [0.2, 0.25) is 0 Å². The lowest BCUT2D eigenvalue weighted by molar-refractivity contribution is -0.108. The first kappa shape index (κ1) is 28.0. The molecule has 1 spiro atoms. The number of rotatable bonds is 12. The van der Waals surface area contributed by atoms with E-state index >= 15 is 0 Å². The number of hydrogen-bond acceptors (Lipinski definition) is 9. The Morgan fingerprint density at radius 2 is 1.97 bits per heavy atom. The largest absolute Gasteiger partial charge is 0.434 e. The fourth-order valence-electron chi connectivity index (χ4n) is 5.96. The lowest BCUT2D eigenvalue weighted by Gasteiger charge is -2.52. The normalized spacial score (nSPS) is 18.6. The minimum atomic E-state index is -0.513. The van der Waals surface area contributed by atoms with E-state index in [4.69, 9.17) is 4.74 Å². The summed E-state index contributed by atoms with van der Waals surface area (Å²) in [5, 5.41) is 11.1. The molecule has 2 fully saturated rings. The Bertz CT molecular complexity index is 1140. The number of benzene rings is 1. The van der Waals surface area contributed by atoms with Gasteiger partial charge < -0.3 is 19.7 Å². The highest BCUT2D eigenvalue weighted by atomic mass is 19.1. The number of nitrogens with zero attached hydrogens (tertiary/aromatic N) is 5. The summed E-state index contributed by atoms with van der Waals surface area (Å²) in [7, 11) is 1.71. The van der Waals surface area contributed by atoms with E-state index in [9.17, 15) is 14.0 Å². The van der Waals surface area contributed by atoms with Gasteiger partial charge in [0.25, 0.3) is 5.88 Å². The highest BCUT2D eigenvalue weighted by Gasteiger charge is 2.50. The highest BCUT2D eigenvalue weighted by molar-refractivity contribution is 6.02. The van der Waals surface area contributed by atoms with Gasteiger partial charge in [0.1, 0.15) is 24.2 Å². The molecule has 9 nitrogen and oxygen atoms in total. The van der Waals surface area contributed by atoms with E-state index < -0.39 is 11.9 Å². The van der Waals surface area contributed by atoms with Crippen LogP contribution in [0.15, 0.2) is 24.5 Å². The van der Waals surface area contributed by atoms with E-state index in [0.717, 1.165) is 45.3 Å². The van der Waals surface area contributed by atoms with Crippen molar-refractivity contribution in [1.82, 2.24) is 25.4 Å². The Balaban J connectivity index is 1.51. The summed E-state index contributed by atoms with van der Waals surface area (Å²) < 4.78 is 20.3. The average Bonchev–Trinajstić information content (AvgIpc) is 3.31. The Hall–Kier alpha value is -2.98. The Labute approximate surface area is 224 Å². The topological polar surface area (TPSA) is 101 Å². The van der Waals surface area contributed by atoms with Crippen molar-refractivity contribution in [1.29, 1.82) is 0 Å². The van der Waals surface area contributed by atoms with Gasteiger partial charge in [0.05, 0.1) is 11.6 Å². The summed E-state index contributed by atoms with van der Waals surface area (Å²) in [6.45, 7) is 11.9. The molecule has 2 aromatic rings. The van der Waals surface area contributed by atoms with E-state index in [1.807, 2.05) is 13.8 Å². The van der Waals surface area contributed by atoms with E-state index in [1.54, 1.807) is 7.05 Å². The fraction of sp³-hybridized carbons (Fsp3) is 0.607. The number of halogens is 1. The van der Waals surface area contributed by atoms with Crippen molar-refractivity contribution in [2.45, 2.75) is 59.0 Å². The zero-order chi connectivity index (χ0) is 27.4. The zero-order valence-corrected chi connectivity index (χ0v) is 23.0.